The Bertz CT molecular complexity index is 218. The van der Waals surface area contributed by atoms with Crippen molar-refractivity contribution in [2.24, 2.45) is 0 Å². The van der Waals surface area contributed by atoms with Gasteiger partial charge in [0, 0.05) is 6.04 Å². The van der Waals surface area contributed by atoms with Crippen molar-refractivity contribution in [2.45, 2.75) is 70.8 Å². The van der Waals surface area contributed by atoms with E-state index in [4.69, 9.17) is 5.11 Å². The number of likely N-dealkylation sites (tertiary alicyclic amines) is 1. The lowest BCUT2D eigenvalue weighted by molar-refractivity contribution is -0.138. The minimum Gasteiger partial charge on any atom is -0.481 e. The highest BCUT2D eigenvalue weighted by molar-refractivity contribution is 5.67. The number of piperidine rings is 1. The van der Waals surface area contributed by atoms with Crippen LogP contribution in [0.3, 0.4) is 0 Å². The molecule has 100 valence electrons. The Kier molecular flexibility index (Phi) is 7.25. The van der Waals surface area contributed by atoms with Crippen molar-refractivity contribution in [3.8, 4) is 0 Å². The van der Waals surface area contributed by atoms with E-state index in [1.165, 1.54) is 44.9 Å². The predicted octanol–water partition coefficient (Wildman–Crippen LogP) is 3.29. The van der Waals surface area contributed by atoms with Gasteiger partial charge in [-0.25, -0.2) is 0 Å². The molecule has 1 saturated heterocycles. The first-order valence-corrected chi connectivity index (χ1v) is 7.20. The molecule has 3 nitrogen and oxygen atoms in total. The molecule has 1 N–H and O–H groups in total. The van der Waals surface area contributed by atoms with Crippen LogP contribution in [0.1, 0.15) is 64.7 Å². The van der Waals surface area contributed by atoms with Crippen LogP contribution in [0.15, 0.2) is 0 Å². The third-order valence-corrected chi connectivity index (χ3v) is 3.71. The molecule has 0 radical (unpaired) electrons. The molecule has 0 saturated carbocycles. The molecule has 0 spiro atoms. The number of nitrogens with zero attached hydrogens (tertiary/aromatic N) is 1. The first-order chi connectivity index (χ1) is 8.24. The number of carboxylic acids is 1. The zero-order valence-corrected chi connectivity index (χ0v) is 11.2. The van der Waals surface area contributed by atoms with Gasteiger partial charge in [-0.15, -0.1) is 0 Å². The smallest absolute Gasteiger partial charge is 0.304 e. The van der Waals surface area contributed by atoms with Gasteiger partial charge in [-0.3, -0.25) is 9.69 Å². The number of unbranched alkanes of at least 4 members (excludes halogenated alkanes) is 4. The number of aliphatic carboxylic acids is 1. The van der Waals surface area contributed by atoms with E-state index in [0.717, 1.165) is 19.5 Å². The van der Waals surface area contributed by atoms with Crippen molar-refractivity contribution in [1.29, 1.82) is 0 Å². The summed E-state index contributed by atoms with van der Waals surface area (Å²) in [6, 6.07) is 0.299. The summed E-state index contributed by atoms with van der Waals surface area (Å²) in [6.45, 7) is 4.43. The summed E-state index contributed by atoms with van der Waals surface area (Å²) in [6.07, 6.45) is 10.3. The Hall–Kier alpha value is -0.570. The second-order valence-corrected chi connectivity index (χ2v) is 5.20. The molecule has 1 rings (SSSR count). The van der Waals surface area contributed by atoms with Gasteiger partial charge < -0.3 is 5.11 Å². The molecule has 0 aromatic rings. The molecule has 1 aliphatic heterocycles. The highest BCUT2D eigenvalue weighted by Gasteiger charge is 2.23. The summed E-state index contributed by atoms with van der Waals surface area (Å²) in [5.41, 5.74) is 0. The van der Waals surface area contributed by atoms with Gasteiger partial charge in [-0.05, 0) is 32.4 Å². The van der Waals surface area contributed by atoms with E-state index in [0.29, 0.717) is 12.5 Å². The molecule has 0 aromatic carbocycles. The summed E-state index contributed by atoms with van der Waals surface area (Å²) < 4.78 is 0. The van der Waals surface area contributed by atoms with Gasteiger partial charge in [0.25, 0.3) is 0 Å². The fraction of sp³-hybridized carbons (Fsp3) is 0.929. The van der Waals surface area contributed by atoms with Crippen molar-refractivity contribution >= 4 is 5.97 Å². The van der Waals surface area contributed by atoms with Crippen LogP contribution in [0.2, 0.25) is 0 Å². The van der Waals surface area contributed by atoms with Crippen LogP contribution in [-0.2, 0) is 4.79 Å². The molecular formula is C14H27NO2. The number of hydrogen-bond donors (Lipinski definition) is 1. The molecule has 0 amide bonds. The third kappa shape index (κ3) is 6.06. The molecule has 3 heteroatoms. The standard InChI is InChI=1S/C14H27NO2/c1-2-3-4-5-7-10-15-11-8-6-9-13(15)12-14(16)17/h13H,2-12H2,1H3,(H,16,17). The molecule has 1 atom stereocenters. The lowest BCUT2D eigenvalue weighted by Gasteiger charge is -2.34. The molecule has 0 aliphatic carbocycles. The number of hydrogen-bond acceptors (Lipinski definition) is 2. The van der Waals surface area contributed by atoms with Crippen LogP contribution in [0.5, 0.6) is 0 Å². The van der Waals surface area contributed by atoms with Crippen molar-refractivity contribution in [1.82, 2.24) is 4.90 Å². The summed E-state index contributed by atoms with van der Waals surface area (Å²) in [5.74, 6) is -0.645. The number of rotatable bonds is 8. The zero-order chi connectivity index (χ0) is 12.5. The van der Waals surface area contributed by atoms with E-state index in [9.17, 15) is 4.79 Å². The van der Waals surface area contributed by atoms with E-state index >= 15 is 0 Å². The molecule has 1 aliphatic rings. The fourth-order valence-corrected chi connectivity index (χ4v) is 2.71. The van der Waals surface area contributed by atoms with Gasteiger partial charge in [0.15, 0.2) is 0 Å². The Morgan fingerprint density at radius 2 is 2.00 bits per heavy atom. The Morgan fingerprint density at radius 1 is 1.24 bits per heavy atom. The lowest BCUT2D eigenvalue weighted by atomic mass is 9.99. The third-order valence-electron chi connectivity index (χ3n) is 3.71. The lowest BCUT2D eigenvalue weighted by Crippen LogP contribution is -2.41. The number of carbonyl (C=O) groups is 1. The van der Waals surface area contributed by atoms with Gasteiger partial charge in [0.1, 0.15) is 0 Å². The zero-order valence-electron chi connectivity index (χ0n) is 11.2. The second-order valence-electron chi connectivity index (χ2n) is 5.20. The molecule has 1 unspecified atom stereocenters. The first kappa shape index (κ1) is 14.5. The monoisotopic (exact) mass is 241 g/mol. The van der Waals surface area contributed by atoms with Crippen LogP contribution in [0, 0.1) is 0 Å². The normalized spacial score (nSPS) is 21.6. The molecule has 0 aromatic heterocycles. The molecular weight excluding hydrogens is 214 g/mol. The van der Waals surface area contributed by atoms with Gasteiger partial charge in [0.05, 0.1) is 6.42 Å². The maximum atomic E-state index is 10.8. The highest BCUT2D eigenvalue weighted by atomic mass is 16.4. The van der Waals surface area contributed by atoms with E-state index in [2.05, 4.69) is 11.8 Å². The minimum atomic E-state index is -0.645. The van der Waals surface area contributed by atoms with Crippen LogP contribution in [0.25, 0.3) is 0 Å². The predicted molar refractivity (Wildman–Crippen MR) is 70.2 cm³/mol. The van der Waals surface area contributed by atoms with Crippen LogP contribution < -0.4 is 0 Å². The minimum absolute atomic E-state index is 0.299. The molecule has 17 heavy (non-hydrogen) atoms. The molecule has 1 heterocycles. The number of carboxylic acid groups (broad SMARTS) is 1. The SMILES string of the molecule is CCCCCCCN1CCCCC1CC(=O)O. The van der Waals surface area contributed by atoms with E-state index < -0.39 is 5.97 Å². The summed E-state index contributed by atoms with van der Waals surface area (Å²) >= 11 is 0. The van der Waals surface area contributed by atoms with Gasteiger partial charge in [0.2, 0.25) is 0 Å². The second kappa shape index (κ2) is 8.51. The van der Waals surface area contributed by atoms with Crippen LogP contribution in [-0.4, -0.2) is 35.1 Å². The average molecular weight is 241 g/mol. The summed E-state index contributed by atoms with van der Waals surface area (Å²) in [5, 5.41) is 8.90. The van der Waals surface area contributed by atoms with E-state index in [-0.39, 0.29) is 0 Å². The Balaban J connectivity index is 2.20. The van der Waals surface area contributed by atoms with Crippen LogP contribution in [0.4, 0.5) is 0 Å². The van der Waals surface area contributed by atoms with Crippen molar-refractivity contribution < 1.29 is 9.90 Å². The Morgan fingerprint density at radius 3 is 2.71 bits per heavy atom. The average Bonchev–Trinajstić information content (AvgIpc) is 2.30. The summed E-state index contributed by atoms with van der Waals surface area (Å²) in [4.78, 5) is 13.2. The van der Waals surface area contributed by atoms with E-state index in [1.54, 1.807) is 0 Å². The maximum absolute atomic E-state index is 10.8. The quantitative estimate of drug-likeness (QED) is 0.663. The van der Waals surface area contributed by atoms with Crippen molar-refractivity contribution in [3.63, 3.8) is 0 Å². The first-order valence-electron chi connectivity index (χ1n) is 7.20. The van der Waals surface area contributed by atoms with Crippen molar-refractivity contribution in [2.75, 3.05) is 13.1 Å². The van der Waals surface area contributed by atoms with Gasteiger partial charge in [-0.2, -0.15) is 0 Å². The van der Waals surface area contributed by atoms with Gasteiger partial charge >= 0.3 is 5.97 Å². The van der Waals surface area contributed by atoms with Crippen molar-refractivity contribution in [3.05, 3.63) is 0 Å². The Labute approximate surface area is 105 Å². The maximum Gasteiger partial charge on any atom is 0.304 e. The topological polar surface area (TPSA) is 40.5 Å². The van der Waals surface area contributed by atoms with Gasteiger partial charge in [-0.1, -0.05) is 39.0 Å². The fourth-order valence-electron chi connectivity index (χ4n) is 2.71. The highest BCUT2D eigenvalue weighted by Crippen LogP contribution is 2.20. The van der Waals surface area contributed by atoms with E-state index in [1.807, 2.05) is 0 Å². The van der Waals surface area contributed by atoms with Crippen LogP contribution >= 0.6 is 0 Å². The molecule has 0 bridgehead atoms. The summed E-state index contributed by atoms with van der Waals surface area (Å²) in [7, 11) is 0. The largest absolute Gasteiger partial charge is 0.481 e. The molecule has 1 fully saturated rings.